The van der Waals surface area contributed by atoms with Gasteiger partial charge in [0.1, 0.15) is 18.0 Å². The molecule has 1 heterocycles. The van der Waals surface area contributed by atoms with Crippen molar-refractivity contribution in [1.29, 1.82) is 0 Å². The van der Waals surface area contributed by atoms with E-state index in [1.165, 1.54) is 16.6 Å². The molecule has 4 aromatic rings. The number of fused-ring (bicyclic) bond motifs is 1. The zero-order valence-electron chi connectivity index (χ0n) is 15.8. The lowest BCUT2D eigenvalue weighted by molar-refractivity contribution is -0.634. The molecule has 4 heteroatoms. The highest BCUT2D eigenvalue weighted by atomic mass is 16.5. The van der Waals surface area contributed by atoms with Crippen LogP contribution in [0.2, 0.25) is 0 Å². The van der Waals surface area contributed by atoms with Gasteiger partial charge >= 0.3 is 0 Å². The fourth-order valence-corrected chi connectivity index (χ4v) is 3.55. The Kier molecular flexibility index (Phi) is 4.55. The number of para-hydroxylation sites is 2. The molecule has 0 aliphatic carbocycles. The number of aromatic nitrogens is 2. The molecule has 0 unspecified atom stereocenters. The lowest BCUT2D eigenvalue weighted by atomic mass is 10.1. The van der Waals surface area contributed by atoms with Crippen LogP contribution in [0.4, 0.5) is 0 Å². The van der Waals surface area contributed by atoms with Crippen LogP contribution in [0.25, 0.3) is 22.4 Å². The van der Waals surface area contributed by atoms with Gasteiger partial charge in [-0.05, 0) is 54.1 Å². The molecular weight excluding hydrogens is 336 g/mol. The van der Waals surface area contributed by atoms with E-state index in [2.05, 4.69) is 64.7 Å². The lowest BCUT2D eigenvalue weighted by Crippen LogP contribution is -2.30. The molecule has 0 saturated heterocycles. The van der Waals surface area contributed by atoms with E-state index in [9.17, 15) is 0 Å². The van der Waals surface area contributed by atoms with E-state index in [-0.39, 0.29) is 0 Å². The monoisotopic (exact) mass is 359 g/mol. The van der Waals surface area contributed by atoms with Gasteiger partial charge in [-0.2, -0.15) is 0 Å². The maximum atomic E-state index is 5.32. The van der Waals surface area contributed by atoms with E-state index in [1.807, 2.05) is 24.3 Å². The van der Waals surface area contributed by atoms with Gasteiger partial charge in [-0.1, -0.05) is 24.3 Å². The molecule has 0 spiro atoms. The van der Waals surface area contributed by atoms with Crippen molar-refractivity contribution in [3.05, 3.63) is 78.4 Å². The fraction of sp³-hybridized carbons (Fsp3) is 0.174. The van der Waals surface area contributed by atoms with Crippen LogP contribution in [0, 0.1) is 0 Å². The highest BCUT2D eigenvalue weighted by Crippen LogP contribution is 2.26. The lowest BCUT2D eigenvalue weighted by Gasteiger charge is -2.06. The molecule has 0 bridgehead atoms. The van der Waals surface area contributed by atoms with Gasteiger partial charge in [-0.3, -0.25) is 0 Å². The third kappa shape index (κ3) is 3.14. The van der Waals surface area contributed by atoms with Gasteiger partial charge in [-0.15, -0.1) is 0 Å². The molecule has 136 valence electrons. The third-order valence-electron chi connectivity index (χ3n) is 4.96. The van der Waals surface area contributed by atoms with Crippen molar-refractivity contribution in [2.75, 3.05) is 14.2 Å². The van der Waals surface area contributed by atoms with E-state index in [0.717, 1.165) is 29.4 Å². The van der Waals surface area contributed by atoms with E-state index in [0.29, 0.717) is 0 Å². The maximum Gasteiger partial charge on any atom is 0.289 e. The Balaban J connectivity index is 1.86. The summed E-state index contributed by atoms with van der Waals surface area (Å²) in [6.45, 7) is 0.784. The summed E-state index contributed by atoms with van der Waals surface area (Å²) in [5, 5.41) is 0. The molecule has 1 aromatic heterocycles. The van der Waals surface area contributed by atoms with E-state index in [1.54, 1.807) is 14.2 Å². The van der Waals surface area contributed by atoms with Crippen LogP contribution in [0.1, 0.15) is 5.56 Å². The van der Waals surface area contributed by atoms with Crippen molar-refractivity contribution in [2.45, 2.75) is 6.54 Å². The van der Waals surface area contributed by atoms with Crippen molar-refractivity contribution >= 4 is 11.0 Å². The van der Waals surface area contributed by atoms with Crippen molar-refractivity contribution in [1.82, 2.24) is 4.57 Å². The number of benzene rings is 3. The number of nitrogens with zero attached hydrogens (tertiary/aromatic N) is 2. The predicted molar refractivity (Wildman–Crippen MR) is 107 cm³/mol. The largest absolute Gasteiger partial charge is 0.497 e. The van der Waals surface area contributed by atoms with Crippen LogP contribution in [0.5, 0.6) is 11.5 Å². The summed E-state index contributed by atoms with van der Waals surface area (Å²) >= 11 is 0. The van der Waals surface area contributed by atoms with Gasteiger partial charge in [0, 0.05) is 0 Å². The zero-order valence-corrected chi connectivity index (χ0v) is 15.8. The van der Waals surface area contributed by atoms with E-state index < -0.39 is 0 Å². The third-order valence-corrected chi connectivity index (χ3v) is 4.96. The molecule has 0 radical (unpaired) electrons. The molecule has 0 atom stereocenters. The summed E-state index contributed by atoms with van der Waals surface area (Å²) in [5.74, 6) is 2.89. The first kappa shape index (κ1) is 17.2. The Morgan fingerprint density at radius 1 is 0.778 bits per heavy atom. The number of aryl methyl sites for hydroxylation is 1. The van der Waals surface area contributed by atoms with Crippen molar-refractivity contribution in [3.8, 4) is 22.9 Å². The molecule has 0 aliphatic heterocycles. The number of ether oxygens (including phenoxy) is 2. The molecule has 27 heavy (non-hydrogen) atoms. The predicted octanol–water partition coefficient (Wildman–Crippen LogP) is 4.20. The van der Waals surface area contributed by atoms with Crippen molar-refractivity contribution in [2.24, 2.45) is 7.05 Å². The number of hydrogen-bond donors (Lipinski definition) is 0. The average Bonchev–Trinajstić information content (AvgIpc) is 3.01. The minimum absolute atomic E-state index is 0.784. The molecular formula is C23H23N2O2+. The quantitative estimate of drug-likeness (QED) is 0.500. The summed E-state index contributed by atoms with van der Waals surface area (Å²) in [7, 11) is 5.50. The molecule has 3 aromatic carbocycles. The second-order valence-electron chi connectivity index (χ2n) is 6.53. The Hall–Kier alpha value is -3.27. The average molecular weight is 359 g/mol. The summed E-state index contributed by atoms with van der Waals surface area (Å²) in [6, 6.07) is 25.0. The van der Waals surface area contributed by atoms with Crippen molar-refractivity contribution in [3.63, 3.8) is 0 Å². The maximum absolute atomic E-state index is 5.32. The molecule has 0 amide bonds. The van der Waals surface area contributed by atoms with Crippen molar-refractivity contribution < 1.29 is 14.0 Å². The van der Waals surface area contributed by atoms with Gasteiger partial charge in [0.2, 0.25) is 0 Å². The number of hydrogen-bond acceptors (Lipinski definition) is 2. The Morgan fingerprint density at radius 2 is 1.37 bits per heavy atom. The second kappa shape index (κ2) is 7.16. The molecule has 0 fully saturated rings. The molecule has 4 nitrogen and oxygen atoms in total. The normalized spacial score (nSPS) is 10.9. The molecule has 4 rings (SSSR count). The molecule has 0 saturated carbocycles. The Morgan fingerprint density at radius 3 is 2.00 bits per heavy atom. The van der Waals surface area contributed by atoms with Crippen LogP contribution in [-0.4, -0.2) is 18.8 Å². The van der Waals surface area contributed by atoms with Crippen LogP contribution in [-0.2, 0) is 13.6 Å². The first-order valence-electron chi connectivity index (χ1n) is 8.96. The van der Waals surface area contributed by atoms with Crippen LogP contribution in [0.3, 0.4) is 0 Å². The highest BCUT2D eigenvalue weighted by molar-refractivity contribution is 5.76. The van der Waals surface area contributed by atoms with E-state index in [4.69, 9.17) is 9.47 Å². The van der Waals surface area contributed by atoms with Crippen LogP contribution >= 0.6 is 0 Å². The fourth-order valence-electron chi connectivity index (χ4n) is 3.55. The minimum Gasteiger partial charge on any atom is -0.497 e. The number of imidazole rings is 1. The van der Waals surface area contributed by atoms with Gasteiger partial charge in [-0.25, -0.2) is 9.13 Å². The summed E-state index contributed by atoms with van der Waals surface area (Å²) in [6.07, 6.45) is 0. The first-order valence-corrected chi connectivity index (χ1v) is 8.96. The van der Waals surface area contributed by atoms with Gasteiger partial charge in [0.15, 0.2) is 11.0 Å². The molecule has 0 N–H and O–H groups in total. The van der Waals surface area contributed by atoms with Crippen LogP contribution in [0.15, 0.2) is 72.8 Å². The van der Waals surface area contributed by atoms with Gasteiger partial charge < -0.3 is 9.47 Å². The van der Waals surface area contributed by atoms with E-state index >= 15 is 0 Å². The van der Waals surface area contributed by atoms with Gasteiger partial charge in [0.25, 0.3) is 5.82 Å². The second-order valence-corrected chi connectivity index (χ2v) is 6.53. The summed E-state index contributed by atoms with van der Waals surface area (Å²) in [5.41, 5.74) is 4.80. The minimum atomic E-state index is 0.784. The first-order chi connectivity index (χ1) is 13.2. The Labute approximate surface area is 159 Å². The standard InChI is InChI=1S/C23H23N2O2/c1-24-21-6-4-5-7-22(21)25(16-17-8-12-19(26-2)13-9-17)23(24)18-10-14-20(27-3)15-11-18/h4-15H,16H2,1-3H3/q+1. The SMILES string of the molecule is COc1ccc(Cn2c(-c3ccc(OC)cc3)[n+](C)c3ccccc32)cc1. The Bertz CT molecular complexity index is 1060. The highest BCUT2D eigenvalue weighted by Gasteiger charge is 2.24. The zero-order chi connectivity index (χ0) is 18.8. The topological polar surface area (TPSA) is 27.3 Å². The number of methoxy groups -OCH3 is 2. The number of rotatable bonds is 5. The summed E-state index contributed by atoms with van der Waals surface area (Å²) in [4.78, 5) is 0. The van der Waals surface area contributed by atoms with Crippen LogP contribution < -0.4 is 14.0 Å². The van der Waals surface area contributed by atoms with Gasteiger partial charge in [0.05, 0.1) is 26.8 Å². The smallest absolute Gasteiger partial charge is 0.289 e. The summed E-state index contributed by atoms with van der Waals surface area (Å²) < 4.78 is 15.2. The molecule has 0 aliphatic rings.